The fraction of sp³-hybridized carbons (Fsp3) is 0.538. The topological polar surface area (TPSA) is 66.4 Å². The first kappa shape index (κ1) is 13.2. The third kappa shape index (κ3) is 2.77. The molecule has 0 heterocycles. The molecule has 1 fully saturated rings. The summed E-state index contributed by atoms with van der Waals surface area (Å²) < 4.78 is 23.4. The van der Waals surface area contributed by atoms with Crippen molar-refractivity contribution in [1.29, 1.82) is 0 Å². The zero-order valence-electron chi connectivity index (χ0n) is 10.7. The van der Waals surface area contributed by atoms with Crippen LogP contribution in [0.2, 0.25) is 0 Å². The van der Waals surface area contributed by atoms with Crippen LogP contribution in [0.4, 0.5) is 5.69 Å². The lowest BCUT2D eigenvalue weighted by Gasteiger charge is -2.21. The predicted molar refractivity (Wildman–Crippen MR) is 72.7 cm³/mol. The van der Waals surface area contributed by atoms with Crippen molar-refractivity contribution in [2.75, 3.05) is 11.6 Å². The molecule has 0 saturated heterocycles. The molecule has 1 aliphatic carbocycles. The smallest absolute Gasteiger partial charge is 0.152 e. The molecule has 1 aromatic rings. The Morgan fingerprint density at radius 3 is 2.67 bits per heavy atom. The van der Waals surface area contributed by atoms with E-state index in [4.69, 9.17) is 0 Å². The van der Waals surface area contributed by atoms with Crippen molar-refractivity contribution in [3.63, 3.8) is 0 Å². The number of aryl methyl sites for hydroxylation is 1. The molecular formula is C13H19NO3S. The number of hydrogen-bond acceptors (Lipinski definition) is 4. The Hall–Kier alpha value is -1.23. The standard InChI is InChI=1S/C13H19NO3S/c1-9-8-10(6-7-12(9)15)14-11-4-3-5-13(11)18(2,16)17/h6-8,11,13-15H,3-5H2,1-2H3. The van der Waals surface area contributed by atoms with Gasteiger partial charge in [-0.25, -0.2) is 8.42 Å². The second-order valence-electron chi connectivity index (χ2n) is 5.05. The van der Waals surface area contributed by atoms with Gasteiger partial charge in [-0.05, 0) is 49.9 Å². The fourth-order valence-corrected chi connectivity index (χ4v) is 3.96. The molecule has 0 radical (unpaired) electrons. The van der Waals surface area contributed by atoms with Gasteiger partial charge < -0.3 is 10.4 Å². The minimum atomic E-state index is -3.00. The molecule has 5 heteroatoms. The SMILES string of the molecule is Cc1cc(NC2CCCC2S(C)(=O)=O)ccc1O. The second-order valence-corrected chi connectivity index (χ2v) is 7.32. The third-order valence-corrected chi connectivity index (χ3v) is 5.22. The van der Waals surface area contributed by atoms with Gasteiger partial charge in [0.25, 0.3) is 0 Å². The van der Waals surface area contributed by atoms with Gasteiger partial charge in [-0.2, -0.15) is 0 Å². The Labute approximate surface area is 108 Å². The molecule has 1 aliphatic rings. The highest BCUT2D eigenvalue weighted by Crippen LogP contribution is 2.29. The minimum absolute atomic E-state index is 0.0241. The number of benzene rings is 1. The molecule has 4 nitrogen and oxygen atoms in total. The first-order valence-corrected chi connectivity index (χ1v) is 8.08. The molecule has 2 rings (SSSR count). The van der Waals surface area contributed by atoms with Crippen LogP contribution in [-0.4, -0.2) is 31.1 Å². The van der Waals surface area contributed by atoms with Crippen molar-refractivity contribution in [1.82, 2.24) is 0 Å². The summed E-state index contributed by atoms with van der Waals surface area (Å²) in [4.78, 5) is 0. The van der Waals surface area contributed by atoms with Gasteiger partial charge >= 0.3 is 0 Å². The lowest BCUT2D eigenvalue weighted by Crippen LogP contribution is -2.34. The largest absolute Gasteiger partial charge is 0.508 e. The molecule has 0 bridgehead atoms. The van der Waals surface area contributed by atoms with Gasteiger partial charge in [0.15, 0.2) is 9.84 Å². The van der Waals surface area contributed by atoms with E-state index >= 15 is 0 Å². The van der Waals surface area contributed by atoms with E-state index in [0.717, 1.165) is 30.5 Å². The van der Waals surface area contributed by atoms with Crippen LogP contribution in [0.5, 0.6) is 5.75 Å². The van der Waals surface area contributed by atoms with Crippen molar-refractivity contribution < 1.29 is 13.5 Å². The normalized spacial score (nSPS) is 24.1. The van der Waals surface area contributed by atoms with Crippen molar-refractivity contribution in [2.45, 2.75) is 37.5 Å². The number of nitrogens with one attached hydrogen (secondary N) is 1. The molecule has 100 valence electrons. The highest BCUT2D eigenvalue weighted by Gasteiger charge is 2.34. The summed E-state index contributed by atoms with van der Waals surface area (Å²) in [6.07, 6.45) is 3.84. The zero-order chi connectivity index (χ0) is 13.3. The van der Waals surface area contributed by atoms with Crippen LogP contribution in [0.25, 0.3) is 0 Å². The Morgan fingerprint density at radius 2 is 2.06 bits per heavy atom. The number of rotatable bonds is 3. The van der Waals surface area contributed by atoms with Crippen LogP contribution in [0.15, 0.2) is 18.2 Å². The quantitative estimate of drug-likeness (QED) is 0.824. The number of anilines is 1. The van der Waals surface area contributed by atoms with Gasteiger partial charge in [0.1, 0.15) is 5.75 Å². The van der Waals surface area contributed by atoms with Crippen LogP contribution in [0.3, 0.4) is 0 Å². The van der Waals surface area contributed by atoms with E-state index in [1.54, 1.807) is 12.1 Å². The first-order valence-electron chi connectivity index (χ1n) is 6.13. The lowest BCUT2D eigenvalue weighted by atomic mass is 10.1. The Bertz CT molecular complexity index is 539. The molecule has 2 atom stereocenters. The summed E-state index contributed by atoms with van der Waals surface area (Å²) in [7, 11) is -3.00. The van der Waals surface area contributed by atoms with Crippen LogP contribution in [0, 0.1) is 6.92 Å². The number of phenols is 1. The molecule has 0 spiro atoms. The van der Waals surface area contributed by atoms with Crippen molar-refractivity contribution in [3.8, 4) is 5.75 Å². The summed E-state index contributed by atoms with van der Waals surface area (Å²) in [6, 6.07) is 5.22. The van der Waals surface area contributed by atoms with Gasteiger partial charge in [-0.3, -0.25) is 0 Å². The van der Waals surface area contributed by atoms with Crippen molar-refractivity contribution in [3.05, 3.63) is 23.8 Å². The van der Waals surface area contributed by atoms with E-state index in [1.807, 2.05) is 13.0 Å². The monoisotopic (exact) mass is 269 g/mol. The summed E-state index contributed by atoms with van der Waals surface area (Å²) in [6.45, 7) is 1.82. The molecular weight excluding hydrogens is 250 g/mol. The highest BCUT2D eigenvalue weighted by atomic mass is 32.2. The molecule has 18 heavy (non-hydrogen) atoms. The Morgan fingerprint density at radius 1 is 1.33 bits per heavy atom. The summed E-state index contributed by atoms with van der Waals surface area (Å²) in [5, 5.41) is 12.4. The van der Waals surface area contributed by atoms with Gasteiger partial charge in [-0.15, -0.1) is 0 Å². The summed E-state index contributed by atoms with van der Waals surface area (Å²) in [5.74, 6) is 0.256. The highest BCUT2D eigenvalue weighted by molar-refractivity contribution is 7.91. The van der Waals surface area contributed by atoms with Gasteiger partial charge in [0.2, 0.25) is 0 Å². The van der Waals surface area contributed by atoms with Gasteiger partial charge in [-0.1, -0.05) is 0 Å². The van der Waals surface area contributed by atoms with Crippen molar-refractivity contribution in [2.24, 2.45) is 0 Å². The Kier molecular flexibility index (Phi) is 3.52. The van der Waals surface area contributed by atoms with E-state index in [-0.39, 0.29) is 17.0 Å². The Balaban J connectivity index is 2.16. The van der Waals surface area contributed by atoms with E-state index in [2.05, 4.69) is 5.32 Å². The van der Waals surface area contributed by atoms with E-state index in [0.29, 0.717) is 0 Å². The van der Waals surface area contributed by atoms with Gasteiger partial charge in [0, 0.05) is 18.0 Å². The van der Waals surface area contributed by atoms with E-state index in [9.17, 15) is 13.5 Å². The number of aromatic hydroxyl groups is 1. The van der Waals surface area contributed by atoms with Crippen LogP contribution < -0.4 is 5.32 Å². The van der Waals surface area contributed by atoms with Crippen LogP contribution in [0.1, 0.15) is 24.8 Å². The van der Waals surface area contributed by atoms with E-state index in [1.165, 1.54) is 6.26 Å². The van der Waals surface area contributed by atoms with Gasteiger partial charge in [0.05, 0.1) is 5.25 Å². The summed E-state index contributed by atoms with van der Waals surface area (Å²) >= 11 is 0. The molecule has 0 aliphatic heterocycles. The summed E-state index contributed by atoms with van der Waals surface area (Å²) in [5.41, 5.74) is 1.65. The maximum absolute atomic E-state index is 11.7. The van der Waals surface area contributed by atoms with Crippen molar-refractivity contribution >= 4 is 15.5 Å². The molecule has 1 aromatic carbocycles. The lowest BCUT2D eigenvalue weighted by molar-refractivity contribution is 0.471. The fourth-order valence-electron chi connectivity index (χ4n) is 2.56. The average molecular weight is 269 g/mol. The predicted octanol–water partition coefficient (Wildman–Crippen LogP) is 2.08. The molecule has 1 saturated carbocycles. The number of hydrogen-bond donors (Lipinski definition) is 2. The molecule has 2 N–H and O–H groups in total. The second kappa shape index (κ2) is 4.80. The maximum Gasteiger partial charge on any atom is 0.152 e. The van der Waals surface area contributed by atoms with Crippen LogP contribution >= 0.6 is 0 Å². The maximum atomic E-state index is 11.7. The minimum Gasteiger partial charge on any atom is -0.508 e. The first-order chi connectivity index (χ1) is 8.38. The number of sulfone groups is 1. The molecule has 0 aromatic heterocycles. The number of phenolic OH excluding ortho intramolecular Hbond substituents is 1. The average Bonchev–Trinajstić information content (AvgIpc) is 2.71. The third-order valence-electron chi connectivity index (χ3n) is 3.55. The van der Waals surface area contributed by atoms with E-state index < -0.39 is 9.84 Å². The van der Waals surface area contributed by atoms with Crippen LogP contribution in [-0.2, 0) is 9.84 Å². The zero-order valence-corrected chi connectivity index (χ0v) is 11.5. The molecule has 0 amide bonds. The molecule has 2 unspecified atom stereocenters.